The number of hydrogen-bond donors (Lipinski definition) is 2. The summed E-state index contributed by atoms with van der Waals surface area (Å²) in [4.78, 5) is 17.0. The highest BCUT2D eigenvalue weighted by Crippen LogP contribution is 2.46. The zero-order valence-corrected chi connectivity index (χ0v) is 13.7. The van der Waals surface area contributed by atoms with Gasteiger partial charge >= 0.3 is 6.09 Å². The predicted octanol–water partition coefficient (Wildman–Crippen LogP) is 2.59. The molecule has 1 saturated carbocycles. The van der Waals surface area contributed by atoms with Crippen molar-refractivity contribution in [2.75, 3.05) is 18.0 Å². The third-order valence-electron chi connectivity index (χ3n) is 4.50. The Morgan fingerprint density at radius 2 is 1.83 bits per heavy atom. The number of halogens is 1. The minimum Gasteiger partial charge on any atom is -0.465 e. The van der Waals surface area contributed by atoms with Gasteiger partial charge in [0.1, 0.15) is 23.1 Å². The molecule has 0 spiro atoms. The van der Waals surface area contributed by atoms with E-state index in [9.17, 15) is 15.3 Å². The molecule has 2 fully saturated rings. The van der Waals surface area contributed by atoms with E-state index in [0.29, 0.717) is 42.9 Å². The van der Waals surface area contributed by atoms with Crippen LogP contribution in [0.1, 0.15) is 48.3 Å². The first-order chi connectivity index (χ1) is 11.5. The lowest BCUT2D eigenvalue weighted by Crippen LogP contribution is -2.44. The number of carbonyl (C=O) groups is 1. The molecular formula is C16H16ClN5O2. The van der Waals surface area contributed by atoms with Gasteiger partial charge in [-0.3, -0.25) is 0 Å². The van der Waals surface area contributed by atoms with Crippen LogP contribution in [0.25, 0.3) is 0 Å². The summed E-state index contributed by atoms with van der Waals surface area (Å²) in [5.74, 6) is 0.719. The Labute approximate surface area is 144 Å². The van der Waals surface area contributed by atoms with Crippen LogP contribution >= 0.6 is 11.6 Å². The van der Waals surface area contributed by atoms with Crippen molar-refractivity contribution < 1.29 is 9.90 Å². The van der Waals surface area contributed by atoms with E-state index in [4.69, 9.17) is 16.7 Å². The lowest BCUT2D eigenvalue weighted by molar-refractivity contribution is 0.187. The van der Waals surface area contributed by atoms with E-state index < -0.39 is 6.09 Å². The quantitative estimate of drug-likeness (QED) is 0.814. The monoisotopic (exact) mass is 345 g/mol. The van der Waals surface area contributed by atoms with Gasteiger partial charge in [-0.15, -0.1) is 0 Å². The van der Waals surface area contributed by atoms with Crippen LogP contribution in [0.4, 0.5) is 10.6 Å². The number of pyridine rings is 1. The molecule has 1 aliphatic heterocycles. The molecule has 0 radical (unpaired) electrons. The molecule has 1 amide bonds. The number of nitrogens with one attached hydrogen (secondary N) is 1. The Bertz CT molecular complexity index is 755. The fourth-order valence-electron chi connectivity index (χ4n) is 3.20. The van der Waals surface area contributed by atoms with E-state index >= 15 is 0 Å². The summed E-state index contributed by atoms with van der Waals surface area (Å²) < 4.78 is 0. The van der Waals surface area contributed by atoms with Gasteiger partial charge in [-0.05, 0) is 37.2 Å². The van der Waals surface area contributed by atoms with Crippen LogP contribution in [0.2, 0.25) is 5.15 Å². The fraction of sp³-hybridized carbons (Fsp3) is 0.500. The smallest absolute Gasteiger partial charge is 0.404 e. The highest BCUT2D eigenvalue weighted by atomic mass is 35.5. The molecule has 2 heterocycles. The predicted molar refractivity (Wildman–Crippen MR) is 87.0 cm³/mol. The minimum absolute atomic E-state index is 0.0963. The molecule has 124 valence electrons. The van der Waals surface area contributed by atoms with Gasteiger partial charge in [0.15, 0.2) is 0 Å². The topological polar surface area (TPSA) is 113 Å². The Kier molecular flexibility index (Phi) is 4.46. The molecule has 24 heavy (non-hydrogen) atoms. The number of nitriles is 2. The van der Waals surface area contributed by atoms with E-state index in [1.54, 1.807) is 0 Å². The van der Waals surface area contributed by atoms with Crippen molar-refractivity contribution in [1.82, 2.24) is 10.3 Å². The molecule has 0 unspecified atom stereocenters. The van der Waals surface area contributed by atoms with Gasteiger partial charge in [-0.1, -0.05) is 11.6 Å². The second-order valence-electron chi connectivity index (χ2n) is 6.10. The van der Waals surface area contributed by atoms with Gasteiger partial charge < -0.3 is 15.3 Å². The van der Waals surface area contributed by atoms with Gasteiger partial charge in [-0.2, -0.15) is 10.5 Å². The Morgan fingerprint density at radius 3 is 2.33 bits per heavy atom. The maximum atomic E-state index is 10.7. The summed E-state index contributed by atoms with van der Waals surface area (Å²) in [6.07, 6.45) is 2.15. The largest absolute Gasteiger partial charge is 0.465 e. The average molecular weight is 346 g/mol. The third-order valence-corrected chi connectivity index (χ3v) is 4.78. The fourth-order valence-corrected chi connectivity index (χ4v) is 3.42. The lowest BCUT2D eigenvalue weighted by atomic mass is 9.98. The maximum Gasteiger partial charge on any atom is 0.404 e. The number of piperidine rings is 1. The SMILES string of the molecule is N#Cc1c(Cl)nc(N2CCC(NC(=O)O)CC2)c(C#N)c1C1CC1. The summed E-state index contributed by atoms with van der Waals surface area (Å²) in [5, 5.41) is 30.4. The Morgan fingerprint density at radius 1 is 1.21 bits per heavy atom. The van der Waals surface area contributed by atoms with Gasteiger partial charge in [-0.25, -0.2) is 9.78 Å². The number of anilines is 1. The first kappa shape index (κ1) is 16.4. The summed E-state index contributed by atoms with van der Waals surface area (Å²) in [7, 11) is 0. The van der Waals surface area contributed by atoms with Crippen molar-refractivity contribution in [2.24, 2.45) is 0 Å². The highest BCUT2D eigenvalue weighted by molar-refractivity contribution is 6.30. The van der Waals surface area contributed by atoms with Crippen LogP contribution < -0.4 is 10.2 Å². The molecule has 2 aliphatic rings. The second-order valence-corrected chi connectivity index (χ2v) is 6.46. The Hall–Kier alpha value is -2.51. The number of aromatic nitrogens is 1. The number of rotatable bonds is 3. The van der Waals surface area contributed by atoms with Crippen molar-refractivity contribution in [3.8, 4) is 12.1 Å². The minimum atomic E-state index is -1.03. The summed E-state index contributed by atoms with van der Waals surface area (Å²) in [5.41, 5.74) is 1.46. The zero-order chi connectivity index (χ0) is 17.3. The van der Waals surface area contributed by atoms with E-state index in [0.717, 1.165) is 18.4 Å². The standard InChI is InChI=1S/C16H16ClN5O2/c17-14-11(7-18)13(9-1-2-9)12(8-19)15(21-14)22-5-3-10(4-6-22)20-16(23)24/h9-10,20H,1-6H2,(H,23,24). The van der Waals surface area contributed by atoms with Crippen molar-refractivity contribution >= 4 is 23.5 Å². The molecule has 0 bridgehead atoms. The first-order valence-corrected chi connectivity index (χ1v) is 8.21. The normalized spacial score (nSPS) is 17.9. The maximum absolute atomic E-state index is 10.7. The average Bonchev–Trinajstić information content (AvgIpc) is 3.38. The van der Waals surface area contributed by atoms with E-state index in [1.807, 2.05) is 4.90 Å². The molecule has 1 saturated heterocycles. The zero-order valence-electron chi connectivity index (χ0n) is 12.9. The van der Waals surface area contributed by atoms with Crippen molar-refractivity contribution in [1.29, 1.82) is 10.5 Å². The molecule has 0 aromatic carbocycles. The van der Waals surface area contributed by atoms with E-state index in [-0.39, 0.29) is 17.1 Å². The van der Waals surface area contributed by atoms with Crippen LogP contribution in [-0.4, -0.2) is 35.3 Å². The number of nitrogens with zero attached hydrogens (tertiary/aromatic N) is 4. The Balaban J connectivity index is 1.91. The number of amides is 1. The van der Waals surface area contributed by atoms with Crippen LogP contribution in [-0.2, 0) is 0 Å². The molecule has 0 atom stereocenters. The second kappa shape index (κ2) is 6.54. The molecule has 2 N–H and O–H groups in total. The molecule has 8 heteroatoms. The molecule has 1 aromatic rings. The summed E-state index contributed by atoms with van der Waals surface area (Å²) >= 11 is 6.19. The van der Waals surface area contributed by atoms with Gasteiger partial charge in [0.2, 0.25) is 0 Å². The highest BCUT2D eigenvalue weighted by Gasteiger charge is 2.34. The molecule has 3 rings (SSSR count). The first-order valence-electron chi connectivity index (χ1n) is 7.83. The number of carboxylic acid groups (broad SMARTS) is 1. The van der Waals surface area contributed by atoms with Crippen LogP contribution in [0, 0.1) is 22.7 Å². The van der Waals surface area contributed by atoms with Crippen molar-refractivity contribution in [2.45, 2.75) is 37.6 Å². The third kappa shape index (κ3) is 3.08. The van der Waals surface area contributed by atoms with Crippen LogP contribution in [0.3, 0.4) is 0 Å². The van der Waals surface area contributed by atoms with E-state index in [1.165, 1.54) is 0 Å². The van der Waals surface area contributed by atoms with E-state index in [2.05, 4.69) is 22.4 Å². The summed E-state index contributed by atoms with van der Waals surface area (Å²) in [6, 6.07) is 4.19. The molecule has 1 aromatic heterocycles. The van der Waals surface area contributed by atoms with Crippen molar-refractivity contribution in [3.63, 3.8) is 0 Å². The van der Waals surface area contributed by atoms with Gasteiger partial charge in [0, 0.05) is 19.1 Å². The van der Waals surface area contributed by atoms with Gasteiger partial charge in [0.05, 0.1) is 11.1 Å². The van der Waals surface area contributed by atoms with Crippen LogP contribution in [0.15, 0.2) is 0 Å². The molecular weight excluding hydrogens is 330 g/mol. The van der Waals surface area contributed by atoms with Gasteiger partial charge in [0.25, 0.3) is 0 Å². The van der Waals surface area contributed by atoms with Crippen molar-refractivity contribution in [3.05, 3.63) is 21.8 Å². The molecule has 7 nitrogen and oxygen atoms in total. The number of hydrogen-bond acceptors (Lipinski definition) is 5. The lowest BCUT2D eigenvalue weighted by Gasteiger charge is -2.33. The molecule has 1 aliphatic carbocycles. The summed E-state index contributed by atoms with van der Waals surface area (Å²) in [6.45, 7) is 1.16. The van der Waals surface area contributed by atoms with Crippen LogP contribution in [0.5, 0.6) is 0 Å².